The second kappa shape index (κ2) is 5.87. The first kappa shape index (κ1) is 15.5. The lowest BCUT2D eigenvalue weighted by molar-refractivity contribution is -0.252. The topological polar surface area (TPSA) is 12.5 Å². The first-order chi connectivity index (χ1) is 9.30. The third-order valence-corrected chi connectivity index (χ3v) is 4.44. The minimum atomic E-state index is 0.101. The van der Waals surface area contributed by atoms with Gasteiger partial charge in [-0.2, -0.15) is 5.06 Å². The quantitative estimate of drug-likeness (QED) is 0.772. The predicted molar refractivity (Wildman–Crippen MR) is 84.4 cm³/mol. The smallest absolute Gasteiger partial charge is 0.101 e. The van der Waals surface area contributed by atoms with Gasteiger partial charge in [-0.1, -0.05) is 50.6 Å². The van der Waals surface area contributed by atoms with Gasteiger partial charge in [0.25, 0.3) is 0 Å². The Kier molecular flexibility index (Phi) is 4.55. The summed E-state index contributed by atoms with van der Waals surface area (Å²) in [6, 6.07) is 10.5. The molecule has 2 rings (SSSR count). The summed E-state index contributed by atoms with van der Waals surface area (Å²) in [4.78, 5) is 6.34. The minimum absolute atomic E-state index is 0.101. The van der Waals surface area contributed by atoms with Crippen LogP contribution in [0.5, 0.6) is 0 Å². The normalized spacial score (nSPS) is 24.1. The second-order valence-electron chi connectivity index (χ2n) is 7.53. The van der Waals surface area contributed by atoms with E-state index in [-0.39, 0.29) is 11.6 Å². The van der Waals surface area contributed by atoms with E-state index in [4.69, 9.17) is 4.84 Å². The number of hydrogen-bond donors (Lipinski definition) is 0. The minimum Gasteiger partial charge on any atom is -0.291 e. The van der Waals surface area contributed by atoms with E-state index < -0.39 is 0 Å². The van der Waals surface area contributed by atoms with E-state index in [9.17, 15) is 0 Å². The number of hydroxylamine groups is 2. The van der Waals surface area contributed by atoms with Crippen LogP contribution in [0, 0.1) is 5.41 Å². The maximum atomic E-state index is 6.34. The highest BCUT2D eigenvalue weighted by Crippen LogP contribution is 2.37. The lowest BCUT2D eigenvalue weighted by Gasteiger charge is -2.40. The van der Waals surface area contributed by atoms with Crippen LogP contribution in [0.15, 0.2) is 30.3 Å². The van der Waals surface area contributed by atoms with E-state index in [0.717, 1.165) is 6.54 Å². The summed E-state index contributed by atoms with van der Waals surface area (Å²) in [5.74, 6) is 0. The summed E-state index contributed by atoms with van der Waals surface area (Å²) < 4.78 is 0. The van der Waals surface area contributed by atoms with Gasteiger partial charge in [0.1, 0.15) is 6.10 Å². The van der Waals surface area contributed by atoms with Gasteiger partial charge in [-0.15, -0.1) is 0 Å². The van der Waals surface area contributed by atoms with Crippen LogP contribution in [-0.2, 0) is 4.84 Å². The Balaban J connectivity index is 2.12. The summed E-state index contributed by atoms with van der Waals surface area (Å²) in [5, 5.41) is 2.23. The van der Waals surface area contributed by atoms with Crippen molar-refractivity contribution >= 4 is 0 Å². The highest BCUT2D eigenvalue weighted by Gasteiger charge is 2.37. The lowest BCUT2D eigenvalue weighted by Crippen LogP contribution is -2.46. The monoisotopic (exact) mass is 275 g/mol. The van der Waals surface area contributed by atoms with Gasteiger partial charge in [-0.3, -0.25) is 4.84 Å². The third-order valence-electron chi connectivity index (χ3n) is 4.44. The van der Waals surface area contributed by atoms with Crippen LogP contribution in [0.25, 0.3) is 0 Å². The number of nitrogens with zero attached hydrogens (tertiary/aromatic N) is 1. The molecule has 0 N–H and O–H groups in total. The van der Waals surface area contributed by atoms with Crippen molar-refractivity contribution in [2.45, 2.75) is 65.5 Å². The molecule has 1 atom stereocenters. The zero-order valence-corrected chi connectivity index (χ0v) is 13.6. The molecular formula is C18H29NO. The zero-order valence-electron chi connectivity index (χ0n) is 13.6. The van der Waals surface area contributed by atoms with E-state index in [2.05, 4.69) is 70.0 Å². The van der Waals surface area contributed by atoms with Crippen molar-refractivity contribution in [1.29, 1.82) is 0 Å². The fourth-order valence-electron chi connectivity index (χ4n) is 2.96. The van der Waals surface area contributed by atoms with E-state index in [1.54, 1.807) is 0 Å². The summed E-state index contributed by atoms with van der Waals surface area (Å²) in [7, 11) is 0. The first-order valence-electron chi connectivity index (χ1n) is 7.80. The standard InChI is InChI=1S/C18H29NO/c1-15(16-10-7-6-8-11-16)20-19-14-17(2,3)12-9-13-18(19,4)5/h6-8,10-11,15H,9,12-14H2,1-5H3. The van der Waals surface area contributed by atoms with Gasteiger partial charge in [0.2, 0.25) is 0 Å². The molecule has 1 unspecified atom stereocenters. The van der Waals surface area contributed by atoms with Gasteiger partial charge in [0, 0.05) is 12.1 Å². The fourth-order valence-corrected chi connectivity index (χ4v) is 2.96. The van der Waals surface area contributed by atoms with E-state index in [0.29, 0.717) is 5.41 Å². The second-order valence-corrected chi connectivity index (χ2v) is 7.53. The molecular weight excluding hydrogens is 246 g/mol. The van der Waals surface area contributed by atoms with Gasteiger partial charge in [0.15, 0.2) is 0 Å². The molecule has 112 valence electrons. The van der Waals surface area contributed by atoms with Gasteiger partial charge < -0.3 is 0 Å². The molecule has 1 heterocycles. The Morgan fingerprint density at radius 3 is 2.35 bits per heavy atom. The van der Waals surface area contributed by atoms with Crippen LogP contribution in [0.2, 0.25) is 0 Å². The molecule has 0 aliphatic carbocycles. The molecule has 0 bridgehead atoms. The molecule has 2 heteroatoms. The van der Waals surface area contributed by atoms with Crippen LogP contribution in [0.1, 0.15) is 65.5 Å². The van der Waals surface area contributed by atoms with Crippen LogP contribution in [-0.4, -0.2) is 17.1 Å². The van der Waals surface area contributed by atoms with E-state index in [1.807, 2.05) is 0 Å². The molecule has 0 radical (unpaired) electrons. The van der Waals surface area contributed by atoms with Gasteiger partial charge in [0.05, 0.1) is 0 Å². The highest BCUT2D eigenvalue weighted by atomic mass is 16.7. The van der Waals surface area contributed by atoms with Crippen molar-refractivity contribution in [2.75, 3.05) is 6.54 Å². The molecule has 1 aliphatic heterocycles. The maximum absolute atomic E-state index is 6.34. The van der Waals surface area contributed by atoms with Gasteiger partial charge >= 0.3 is 0 Å². The molecule has 0 amide bonds. The van der Waals surface area contributed by atoms with E-state index in [1.165, 1.54) is 24.8 Å². The molecule has 1 saturated heterocycles. The zero-order chi connectivity index (χ0) is 14.8. The molecule has 1 aromatic carbocycles. The molecule has 0 spiro atoms. The molecule has 20 heavy (non-hydrogen) atoms. The Morgan fingerprint density at radius 1 is 1.05 bits per heavy atom. The van der Waals surface area contributed by atoms with Crippen molar-refractivity contribution < 1.29 is 4.84 Å². The molecule has 2 nitrogen and oxygen atoms in total. The Hall–Kier alpha value is -0.860. The van der Waals surface area contributed by atoms with Crippen LogP contribution in [0.4, 0.5) is 0 Å². The SMILES string of the molecule is CC(ON1CC(C)(C)CCCC1(C)C)c1ccccc1. The maximum Gasteiger partial charge on any atom is 0.101 e. The van der Waals surface area contributed by atoms with Gasteiger partial charge in [-0.25, -0.2) is 0 Å². The third kappa shape index (κ3) is 3.83. The molecule has 0 aromatic heterocycles. The first-order valence-corrected chi connectivity index (χ1v) is 7.80. The van der Waals surface area contributed by atoms with Crippen LogP contribution >= 0.6 is 0 Å². The van der Waals surface area contributed by atoms with Crippen molar-refractivity contribution in [2.24, 2.45) is 5.41 Å². The van der Waals surface area contributed by atoms with Crippen molar-refractivity contribution in [3.8, 4) is 0 Å². The Labute approximate surface area is 124 Å². The van der Waals surface area contributed by atoms with Crippen LogP contribution < -0.4 is 0 Å². The van der Waals surface area contributed by atoms with Crippen molar-refractivity contribution in [3.05, 3.63) is 35.9 Å². The van der Waals surface area contributed by atoms with E-state index >= 15 is 0 Å². The highest BCUT2D eigenvalue weighted by molar-refractivity contribution is 5.16. The molecule has 0 saturated carbocycles. The lowest BCUT2D eigenvalue weighted by atomic mass is 9.88. The van der Waals surface area contributed by atoms with Gasteiger partial charge in [-0.05, 0) is 44.6 Å². The number of benzene rings is 1. The summed E-state index contributed by atoms with van der Waals surface area (Å²) in [6.07, 6.45) is 3.84. The average molecular weight is 275 g/mol. The van der Waals surface area contributed by atoms with Crippen molar-refractivity contribution in [1.82, 2.24) is 5.06 Å². The summed E-state index contributed by atoms with van der Waals surface area (Å²) >= 11 is 0. The Morgan fingerprint density at radius 2 is 1.70 bits per heavy atom. The number of hydrogen-bond acceptors (Lipinski definition) is 2. The average Bonchev–Trinajstić information content (AvgIpc) is 2.47. The molecule has 1 aliphatic rings. The van der Waals surface area contributed by atoms with Crippen molar-refractivity contribution in [3.63, 3.8) is 0 Å². The number of rotatable bonds is 3. The molecule has 1 fully saturated rings. The largest absolute Gasteiger partial charge is 0.291 e. The predicted octanol–water partition coefficient (Wildman–Crippen LogP) is 4.97. The fraction of sp³-hybridized carbons (Fsp3) is 0.667. The molecule has 1 aromatic rings. The van der Waals surface area contributed by atoms with Crippen LogP contribution in [0.3, 0.4) is 0 Å². The Bertz CT molecular complexity index is 424. The summed E-state index contributed by atoms with van der Waals surface area (Å²) in [5.41, 5.74) is 1.67. The summed E-state index contributed by atoms with van der Waals surface area (Å²) in [6.45, 7) is 12.4.